The molecule has 1 amide bonds. The Morgan fingerprint density at radius 2 is 1.70 bits per heavy atom. The highest BCUT2D eigenvalue weighted by Crippen LogP contribution is 2.15. The summed E-state index contributed by atoms with van der Waals surface area (Å²) in [5, 5.41) is 3.07. The average molecular weight is 313 g/mol. The maximum Gasteiger partial charge on any atom is 0.251 e. The molecule has 4 heteroatoms. The molecular formula is C19H27N3O. The lowest BCUT2D eigenvalue weighted by atomic mass is 10.0. The van der Waals surface area contributed by atoms with Crippen molar-refractivity contribution in [3.63, 3.8) is 0 Å². The molecule has 0 aliphatic rings. The number of carbonyl (C=O) groups excluding carboxylic acids is 1. The number of aryl methyl sites for hydroxylation is 2. The molecule has 0 aliphatic heterocycles. The first kappa shape index (κ1) is 17.4. The summed E-state index contributed by atoms with van der Waals surface area (Å²) in [7, 11) is 0. The van der Waals surface area contributed by atoms with Crippen molar-refractivity contribution in [2.24, 2.45) is 5.92 Å². The van der Waals surface area contributed by atoms with Crippen LogP contribution < -0.4 is 5.32 Å². The van der Waals surface area contributed by atoms with Crippen molar-refractivity contribution < 1.29 is 4.79 Å². The molecule has 4 nitrogen and oxygen atoms in total. The molecule has 0 spiro atoms. The summed E-state index contributed by atoms with van der Waals surface area (Å²) >= 11 is 0. The van der Waals surface area contributed by atoms with Gasteiger partial charge in [-0.25, -0.2) is 9.97 Å². The molecule has 0 bridgehead atoms. The van der Waals surface area contributed by atoms with E-state index in [0.717, 1.165) is 35.3 Å². The van der Waals surface area contributed by atoms with Gasteiger partial charge in [-0.2, -0.15) is 0 Å². The third-order valence-electron chi connectivity index (χ3n) is 4.13. The lowest BCUT2D eigenvalue weighted by Gasteiger charge is -2.15. The van der Waals surface area contributed by atoms with E-state index in [2.05, 4.69) is 36.1 Å². The minimum absolute atomic E-state index is 0.0380. The minimum atomic E-state index is -0.0380. The maximum atomic E-state index is 12.4. The van der Waals surface area contributed by atoms with Gasteiger partial charge >= 0.3 is 0 Å². The van der Waals surface area contributed by atoms with Crippen LogP contribution in [0.3, 0.4) is 0 Å². The summed E-state index contributed by atoms with van der Waals surface area (Å²) in [6.45, 7) is 10.4. The van der Waals surface area contributed by atoms with E-state index in [0.29, 0.717) is 11.5 Å². The van der Waals surface area contributed by atoms with Crippen LogP contribution >= 0.6 is 0 Å². The van der Waals surface area contributed by atoms with Gasteiger partial charge in [0.1, 0.15) is 0 Å². The Morgan fingerprint density at radius 3 is 2.35 bits per heavy atom. The van der Waals surface area contributed by atoms with E-state index >= 15 is 0 Å². The number of nitrogens with one attached hydrogen (secondary N) is 1. The molecule has 0 aliphatic carbocycles. The summed E-state index contributed by atoms with van der Waals surface area (Å²) < 4.78 is 0. The van der Waals surface area contributed by atoms with Crippen molar-refractivity contribution in [2.45, 2.75) is 59.9 Å². The number of rotatable bonds is 6. The van der Waals surface area contributed by atoms with Crippen molar-refractivity contribution >= 4 is 16.9 Å². The highest BCUT2D eigenvalue weighted by atomic mass is 16.1. The molecule has 2 aromatic rings. The predicted octanol–water partition coefficient (Wildman–Crippen LogP) is 4.19. The van der Waals surface area contributed by atoms with Crippen LogP contribution in [0, 0.1) is 19.8 Å². The van der Waals surface area contributed by atoms with Gasteiger partial charge in [-0.1, -0.05) is 26.7 Å². The standard InChI is InChI=1S/C19H27N3O/c1-12(2)7-6-8-13(3)20-19(23)16-9-10-17-18(11-16)22-15(5)14(4)21-17/h9-13H,6-8H2,1-5H3,(H,20,23)/t13-/m1/s1. The molecule has 1 heterocycles. The largest absolute Gasteiger partial charge is 0.350 e. The second-order valence-electron chi connectivity index (χ2n) is 6.80. The lowest BCUT2D eigenvalue weighted by molar-refractivity contribution is 0.0938. The van der Waals surface area contributed by atoms with Crippen LogP contribution in [-0.2, 0) is 0 Å². The van der Waals surface area contributed by atoms with E-state index < -0.39 is 0 Å². The Bertz CT molecular complexity index is 694. The van der Waals surface area contributed by atoms with Gasteiger partial charge in [-0.05, 0) is 51.3 Å². The molecule has 1 aromatic heterocycles. The number of aromatic nitrogens is 2. The van der Waals surface area contributed by atoms with Crippen molar-refractivity contribution in [1.29, 1.82) is 0 Å². The van der Waals surface area contributed by atoms with Gasteiger partial charge in [0.05, 0.1) is 22.4 Å². The highest BCUT2D eigenvalue weighted by Gasteiger charge is 2.11. The number of fused-ring (bicyclic) bond motifs is 1. The highest BCUT2D eigenvalue weighted by molar-refractivity contribution is 5.97. The first-order valence-electron chi connectivity index (χ1n) is 8.42. The van der Waals surface area contributed by atoms with Crippen LogP contribution in [0.1, 0.15) is 61.8 Å². The van der Waals surface area contributed by atoms with Crippen molar-refractivity contribution in [2.75, 3.05) is 0 Å². The fourth-order valence-corrected chi connectivity index (χ4v) is 2.58. The van der Waals surface area contributed by atoms with E-state index in [1.807, 2.05) is 32.0 Å². The van der Waals surface area contributed by atoms with Crippen molar-refractivity contribution in [1.82, 2.24) is 15.3 Å². The maximum absolute atomic E-state index is 12.4. The predicted molar refractivity (Wildman–Crippen MR) is 94.6 cm³/mol. The van der Waals surface area contributed by atoms with Gasteiger partial charge in [-0.3, -0.25) is 4.79 Å². The third-order valence-corrected chi connectivity index (χ3v) is 4.13. The number of carbonyl (C=O) groups is 1. The Hall–Kier alpha value is -1.97. The molecule has 1 atom stereocenters. The zero-order valence-electron chi connectivity index (χ0n) is 14.8. The van der Waals surface area contributed by atoms with E-state index in [4.69, 9.17) is 0 Å². The van der Waals surface area contributed by atoms with E-state index in [-0.39, 0.29) is 11.9 Å². The van der Waals surface area contributed by atoms with Gasteiger partial charge in [-0.15, -0.1) is 0 Å². The lowest BCUT2D eigenvalue weighted by Crippen LogP contribution is -2.32. The number of hydrogen-bond donors (Lipinski definition) is 1. The van der Waals surface area contributed by atoms with E-state index in [9.17, 15) is 4.79 Å². The Kier molecular flexibility index (Phi) is 5.69. The SMILES string of the molecule is Cc1nc2ccc(C(=O)N[C@H](C)CCCC(C)C)cc2nc1C. The molecule has 0 radical (unpaired) electrons. The molecule has 1 aromatic carbocycles. The Morgan fingerprint density at radius 1 is 1.04 bits per heavy atom. The van der Waals surface area contributed by atoms with Gasteiger partial charge in [0.25, 0.3) is 5.91 Å². The molecule has 0 saturated carbocycles. The summed E-state index contributed by atoms with van der Waals surface area (Å²) in [5.41, 5.74) is 4.07. The molecule has 124 valence electrons. The summed E-state index contributed by atoms with van der Waals surface area (Å²) in [6, 6.07) is 5.70. The molecule has 0 saturated heterocycles. The number of hydrogen-bond acceptors (Lipinski definition) is 3. The second kappa shape index (κ2) is 7.53. The van der Waals surface area contributed by atoms with Gasteiger partial charge < -0.3 is 5.32 Å². The Balaban J connectivity index is 2.04. The van der Waals surface area contributed by atoms with Gasteiger partial charge in [0.15, 0.2) is 0 Å². The fourth-order valence-electron chi connectivity index (χ4n) is 2.58. The number of nitrogens with zero attached hydrogens (tertiary/aromatic N) is 2. The first-order valence-corrected chi connectivity index (χ1v) is 8.42. The molecule has 0 unspecified atom stereocenters. The Labute approximate surface area is 138 Å². The summed E-state index contributed by atoms with van der Waals surface area (Å²) in [6.07, 6.45) is 3.35. The molecule has 0 fully saturated rings. The summed E-state index contributed by atoms with van der Waals surface area (Å²) in [5.74, 6) is 0.674. The molecule has 1 N–H and O–H groups in total. The van der Waals surface area contributed by atoms with Crippen LogP contribution in [0.4, 0.5) is 0 Å². The zero-order chi connectivity index (χ0) is 17.0. The average Bonchev–Trinajstić information content (AvgIpc) is 2.47. The molecular weight excluding hydrogens is 286 g/mol. The topological polar surface area (TPSA) is 54.9 Å². The van der Waals surface area contributed by atoms with Gasteiger partial charge in [0, 0.05) is 11.6 Å². The monoisotopic (exact) mass is 313 g/mol. The number of benzene rings is 1. The van der Waals surface area contributed by atoms with Crippen LogP contribution in [0.2, 0.25) is 0 Å². The van der Waals surface area contributed by atoms with Crippen molar-refractivity contribution in [3.8, 4) is 0 Å². The van der Waals surface area contributed by atoms with Crippen molar-refractivity contribution in [3.05, 3.63) is 35.2 Å². The molecule has 2 rings (SSSR count). The van der Waals surface area contributed by atoms with Crippen LogP contribution in [0.25, 0.3) is 11.0 Å². The van der Waals surface area contributed by atoms with Crippen LogP contribution in [-0.4, -0.2) is 21.9 Å². The summed E-state index contributed by atoms with van der Waals surface area (Å²) in [4.78, 5) is 21.4. The fraction of sp³-hybridized carbons (Fsp3) is 0.526. The third kappa shape index (κ3) is 4.75. The molecule has 23 heavy (non-hydrogen) atoms. The van der Waals surface area contributed by atoms with E-state index in [1.165, 1.54) is 6.42 Å². The first-order chi connectivity index (χ1) is 10.9. The van der Waals surface area contributed by atoms with Crippen LogP contribution in [0.5, 0.6) is 0 Å². The number of amides is 1. The van der Waals surface area contributed by atoms with E-state index in [1.54, 1.807) is 0 Å². The smallest absolute Gasteiger partial charge is 0.251 e. The van der Waals surface area contributed by atoms with Crippen LogP contribution in [0.15, 0.2) is 18.2 Å². The second-order valence-corrected chi connectivity index (χ2v) is 6.80. The normalized spacial score (nSPS) is 12.6. The quantitative estimate of drug-likeness (QED) is 0.870. The van der Waals surface area contributed by atoms with Gasteiger partial charge in [0.2, 0.25) is 0 Å². The zero-order valence-corrected chi connectivity index (χ0v) is 14.8. The minimum Gasteiger partial charge on any atom is -0.350 e.